The van der Waals surface area contributed by atoms with Crippen LogP contribution in [0.5, 0.6) is 0 Å². The highest BCUT2D eigenvalue weighted by molar-refractivity contribution is 6.32. The van der Waals surface area contributed by atoms with Crippen LogP contribution in [-0.2, 0) is 9.45 Å². The normalized spacial score (nSPS) is 9.33. The van der Waals surface area contributed by atoms with Crippen LogP contribution in [0.4, 0.5) is 0 Å². The SMILES string of the molecule is CCCC=C=C(C)C(=O)CCOB(O)O. The number of ketones is 1. The molecule has 0 unspecified atom stereocenters. The molecule has 0 saturated heterocycles. The summed E-state index contributed by atoms with van der Waals surface area (Å²) in [6.07, 6.45) is 3.89. The van der Waals surface area contributed by atoms with Crippen molar-refractivity contribution in [2.24, 2.45) is 0 Å². The van der Waals surface area contributed by atoms with Crippen molar-refractivity contribution < 1.29 is 19.5 Å². The number of carbonyl (C=O) groups is 1. The summed E-state index contributed by atoms with van der Waals surface area (Å²) in [6, 6.07) is 0. The summed E-state index contributed by atoms with van der Waals surface area (Å²) in [4.78, 5) is 11.4. The van der Waals surface area contributed by atoms with E-state index in [4.69, 9.17) is 10.0 Å². The molecule has 0 fully saturated rings. The van der Waals surface area contributed by atoms with Gasteiger partial charge in [-0.3, -0.25) is 4.79 Å². The highest BCUT2D eigenvalue weighted by atomic mass is 16.6. The molecule has 15 heavy (non-hydrogen) atoms. The molecule has 4 nitrogen and oxygen atoms in total. The van der Waals surface area contributed by atoms with Crippen LogP contribution in [-0.4, -0.2) is 29.8 Å². The monoisotopic (exact) mass is 212 g/mol. The Hall–Kier alpha value is -0.865. The summed E-state index contributed by atoms with van der Waals surface area (Å²) >= 11 is 0. The zero-order valence-electron chi connectivity index (χ0n) is 9.19. The van der Waals surface area contributed by atoms with Crippen LogP contribution in [0.1, 0.15) is 33.1 Å². The number of unbranched alkanes of at least 4 members (excludes halogenated alkanes) is 1. The molecule has 0 radical (unpaired) electrons. The molecule has 0 rings (SSSR count). The van der Waals surface area contributed by atoms with Crippen LogP contribution < -0.4 is 0 Å². The van der Waals surface area contributed by atoms with Crippen molar-refractivity contribution in [3.63, 3.8) is 0 Å². The Morgan fingerprint density at radius 3 is 2.73 bits per heavy atom. The zero-order chi connectivity index (χ0) is 11.7. The molecule has 84 valence electrons. The highest BCUT2D eigenvalue weighted by Crippen LogP contribution is 1.98. The average Bonchev–Trinajstić information content (AvgIpc) is 2.17. The smallest absolute Gasteiger partial charge is 0.402 e. The number of hydrogen-bond donors (Lipinski definition) is 2. The summed E-state index contributed by atoms with van der Waals surface area (Å²) in [6.45, 7) is 3.74. The molecular formula is C10H17BO4. The number of carbonyl (C=O) groups excluding carboxylic acids is 1. The van der Waals surface area contributed by atoms with E-state index < -0.39 is 7.32 Å². The van der Waals surface area contributed by atoms with Gasteiger partial charge in [0.15, 0.2) is 5.78 Å². The minimum atomic E-state index is -1.81. The van der Waals surface area contributed by atoms with Gasteiger partial charge >= 0.3 is 7.32 Å². The molecule has 0 aliphatic rings. The van der Waals surface area contributed by atoms with E-state index in [9.17, 15) is 4.79 Å². The fourth-order valence-corrected chi connectivity index (χ4v) is 0.895. The highest BCUT2D eigenvalue weighted by Gasteiger charge is 2.10. The Morgan fingerprint density at radius 2 is 2.20 bits per heavy atom. The van der Waals surface area contributed by atoms with E-state index in [0.29, 0.717) is 5.57 Å². The van der Waals surface area contributed by atoms with E-state index in [1.54, 1.807) is 6.92 Å². The fraction of sp³-hybridized carbons (Fsp3) is 0.600. The summed E-state index contributed by atoms with van der Waals surface area (Å²) in [5, 5.41) is 16.7. The van der Waals surface area contributed by atoms with E-state index in [1.807, 2.05) is 13.0 Å². The molecular weight excluding hydrogens is 195 g/mol. The third-order valence-electron chi connectivity index (χ3n) is 1.77. The maximum atomic E-state index is 11.4. The first-order valence-electron chi connectivity index (χ1n) is 5.00. The first-order valence-corrected chi connectivity index (χ1v) is 5.00. The van der Waals surface area contributed by atoms with Crippen LogP contribution in [0, 0.1) is 0 Å². The largest absolute Gasteiger partial charge is 0.633 e. The Morgan fingerprint density at radius 1 is 1.53 bits per heavy atom. The topological polar surface area (TPSA) is 66.8 Å². The minimum absolute atomic E-state index is 0.00327. The third kappa shape index (κ3) is 8.15. The fourth-order valence-electron chi connectivity index (χ4n) is 0.895. The first-order chi connectivity index (χ1) is 7.07. The van der Waals surface area contributed by atoms with E-state index in [0.717, 1.165) is 12.8 Å². The molecule has 0 amide bonds. The van der Waals surface area contributed by atoms with Gasteiger partial charge in [0.25, 0.3) is 0 Å². The quantitative estimate of drug-likeness (QED) is 0.372. The number of allylic oxidation sites excluding steroid dienone is 1. The predicted octanol–water partition coefficient (Wildman–Crippen LogP) is 0.833. The van der Waals surface area contributed by atoms with Gasteiger partial charge in [0, 0.05) is 18.6 Å². The first kappa shape index (κ1) is 14.1. The van der Waals surface area contributed by atoms with Crippen LogP contribution in [0.3, 0.4) is 0 Å². The lowest BCUT2D eigenvalue weighted by Crippen LogP contribution is -2.19. The Bertz CT molecular complexity index is 254. The molecule has 0 aromatic carbocycles. The second-order valence-electron chi connectivity index (χ2n) is 3.13. The number of rotatable bonds is 7. The molecule has 5 heteroatoms. The van der Waals surface area contributed by atoms with E-state index >= 15 is 0 Å². The summed E-state index contributed by atoms with van der Waals surface area (Å²) in [5.41, 5.74) is 3.42. The second kappa shape index (κ2) is 8.44. The third-order valence-corrected chi connectivity index (χ3v) is 1.77. The van der Waals surface area contributed by atoms with E-state index in [1.165, 1.54) is 0 Å². The van der Waals surface area contributed by atoms with Gasteiger partial charge < -0.3 is 14.7 Å². The molecule has 0 aliphatic heterocycles. The molecule has 2 N–H and O–H groups in total. The van der Waals surface area contributed by atoms with Gasteiger partial charge in [0.2, 0.25) is 0 Å². The zero-order valence-corrected chi connectivity index (χ0v) is 9.19. The number of Topliss-reactive ketones (excluding diaryl/α,β-unsaturated/α-hetero) is 1. The van der Waals surface area contributed by atoms with Crippen LogP contribution in [0.15, 0.2) is 17.4 Å². The molecule has 0 aromatic rings. The van der Waals surface area contributed by atoms with Crippen molar-refractivity contribution in [3.8, 4) is 0 Å². The van der Waals surface area contributed by atoms with Gasteiger partial charge in [-0.2, -0.15) is 0 Å². The van der Waals surface area contributed by atoms with Gasteiger partial charge in [-0.05, 0) is 19.4 Å². The van der Waals surface area contributed by atoms with Gasteiger partial charge in [-0.25, -0.2) is 0 Å². The summed E-state index contributed by atoms with van der Waals surface area (Å²) in [5.74, 6) is -0.0944. The van der Waals surface area contributed by atoms with Crippen molar-refractivity contribution in [2.75, 3.05) is 6.61 Å². The molecule has 0 atom stereocenters. The maximum Gasteiger partial charge on any atom is 0.633 e. The van der Waals surface area contributed by atoms with Crippen molar-refractivity contribution in [2.45, 2.75) is 33.1 Å². The van der Waals surface area contributed by atoms with Crippen LogP contribution in [0.2, 0.25) is 0 Å². The molecule has 0 saturated carbocycles. The van der Waals surface area contributed by atoms with Crippen molar-refractivity contribution in [1.82, 2.24) is 0 Å². The van der Waals surface area contributed by atoms with Gasteiger partial charge in [-0.1, -0.05) is 13.3 Å². The van der Waals surface area contributed by atoms with Gasteiger partial charge in [0.05, 0.1) is 0 Å². The second-order valence-corrected chi connectivity index (χ2v) is 3.13. The lowest BCUT2D eigenvalue weighted by Gasteiger charge is -2.00. The Kier molecular flexibility index (Phi) is 7.96. The summed E-state index contributed by atoms with van der Waals surface area (Å²) in [7, 11) is -1.81. The van der Waals surface area contributed by atoms with E-state index in [-0.39, 0.29) is 18.8 Å². The molecule has 0 aromatic heterocycles. The standard InChI is InChI=1S/C10H17BO4/c1-3-4-5-6-9(2)10(12)7-8-15-11(13)14/h5,13-14H,3-4,7-8H2,1-2H3. The molecule has 0 aliphatic carbocycles. The maximum absolute atomic E-state index is 11.4. The molecule has 0 heterocycles. The van der Waals surface area contributed by atoms with Gasteiger partial charge in [0.1, 0.15) is 0 Å². The molecule has 0 bridgehead atoms. The van der Waals surface area contributed by atoms with E-state index in [2.05, 4.69) is 10.4 Å². The summed E-state index contributed by atoms with van der Waals surface area (Å²) < 4.78 is 4.43. The predicted molar refractivity (Wildman–Crippen MR) is 57.9 cm³/mol. The van der Waals surface area contributed by atoms with Crippen molar-refractivity contribution in [3.05, 3.63) is 17.4 Å². The lowest BCUT2D eigenvalue weighted by atomic mass is 10.1. The Labute approximate surface area is 90.4 Å². The Balaban J connectivity index is 3.94. The minimum Gasteiger partial charge on any atom is -0.402 e. The number of hydrogen-bond acceptors (Lipinski definition) is 4. The molecule has 0 spiro atoms. The van der Waals surface area contributed by atoms with Crippen LogP contribution >= 0.6 is 0 Å². The van der Waals surface area contributed by atoms with Crippen molar-refractivity contribution in [1.29, 1.82) is 0 Å². The van der Waals surface area contributed by atoms with Gasteiger partial charge in [-0.15, -0.1) is 5.73 Å². The average molecular weight is 212 g/mol. The van der Waals surface area contributed by atoms with Crippen LogP contribution in [0.25, 0.3) is 0 Å². The van der Waals surface area contributed by atoms with Crippen molar-refractivity contribution >= 4 is 13.1 Å². The lowest BCUT2D eigenvalue weighted by molar-refractivity contribution is -0.116.